The molecule has 2 aliphatic heterocycles. The van der Waals surface area contributed by atoms with Gasteiger partial charge in [-0.25, -0.2) is 0 Å². The molecule has 2 aromatic carbocycles. The lowest BCUT2D eigenvalue weighted by Gasteiger charge is -2.39. The zero-order chi connectivity index (χ0) is 23.2. The van der Waals surface area contributed by atoms with Gasteiger partial charge in [0, 0.05) is 6.07 Å². The van der Waals surface area contributed by atoms with Gasteiger partial charge >= 0.3 is 0 Å². The summed E-state index contributed by atoms with van der Waals surface area (Å²) < 4.78 is 16.3. The van der Waals surface area contributed by atoms with Crippen LogP contribution in [0, 0.1) is 0 Å². The zero-order valence-corrected chi connectivity index (χ0v) is 16.5. The van der Waals surface area contributed by atoms with Crippen molar-refractivity contribution in [1.82, 2.24) is 0 Å². The molecule has 4 rings (SSSR count). The molecule has 32 heavy (non-hydrogen) atoms. The van der Waals surface area contributed by atoms with Gasteiger partial charge in [-0.2, -0.15) is 0 Å². The highest BCUT2D eigenvalue weighted by molar-refractivity contribution is 6.03. The summed E-state index contributed by atoms with van der Waals surface area (Å²) in [6, 6.07) is 7.08. The van der Waals surface area contributed by atoms with Crippen LogP contribution in [0.2, 0.25) is 0 Å². The second kappa shape index (κ2) is 8.45. The molecule has 1 fully saturated rings. The monoisotopic (exact) mass is 450 g/mol. The maximum Gasteiger partial charge on any atom is 0.229 e. The van der Waals surface area contributed by atoms with Gasteiger partial charge in [-0.3, -0.25) is 4.79 Å². The predicted octanol–water partition coefficient (Wildman–Crippen LogP) is -0.311. The number of aliphatic hydroxyl groups is 4. The smallest absolute Gasteiger partial charge is 0.229 e. The lowest BCUT2D eigenvalue weighted by Crippen LogP contribution is -2.60. The van der Waals surface area contributed by atoms with E-state index >= 15 is 0 Å². The third-order valence-corrected chi connectivity index (χ3v) is 5.46. The number of aromatic hydroxyl groups is 3. The Labute approximate surface area is 181 Å². The van der Waals surface area contributed by atoms with Gasteiger partial charge in [0.2, 0.25) is 12.0 Å². The Morgan fingerprint density at radius 3 is 2.34 bits per heavy atom. The first kappa shape index (κ1) is 22.1. The number of hydrogen-bond acceptors (Lipinski definition) is 11. The minimum atomic E-state index is -1.78. The first-order valence-electron chi connectivity index (χ1n) is 9.76. The normalized spacial score (nSPS) is 29.8. The highest BCUT2D eigenvalue weighted by Crippen LogP contribution is 2.49. The summed E-state index contributed by atoms with van der Waals surface area (Å²) >= 11 is 0. The number of phenols is 3. The second-order valence-electron chi connectivity index (χ2n) is 7.59. The molecule has 0 bridgehead atoms. The average Bonchev–Trinajstić information content (AvgIpc) is 2.76. The van der Waals surface area contributed by atoms with Crippen molar-refractivity contribution in [1.29, 1.82) is 0 Å². The summed E-state index contributed by atoms with van der Waals surface area (Å²) in [6.45, 7) is -0.696. The van der Waals surface area contributed by atoms with Crippen LogP contribution in [0.4, 0.5) is 0 Å². The Balaban J connectivity index is 1.62. The standard InChI is InChI=1S/C21H22O11/c22-7-14-16(26)18(28)19(29)21(31-14)32-20-11(25)6-13-15(17(20)27)10(24)5-12(30-13)8-1-3-9(23)4-2-8/h1-4,6,12,14,16,18-19,21-23,25-29H,5,7H2/t12-,14-,16-,18+,19-,21+/m1/s1. The number of carbonyl (C=O) groups excluding carboxylic acids is 1. The van der Waals surface area contributed by atoms with Crippen molar-refractivity contribution in [3.05, 3.63) is 41.5 Å². The average molecular weight is 450 g/mol. The summed E-state index contributed by atoms with van der Waals surface area (Å²) in [7, 11) is 0. The SMILES string of the molecule is O=C1C[C@H](c2ccc(O)cc2)Oc2cc(O)c(O[C@@H]3O[C@H](CO)[C@@H](O)[C@H](O)[C@H]3O)c(O)c21. The van der Waals surface area contributed by atoms with E-state index in [9.17, 15) is 40.5 Å². The summed E-state index contributed by atoms with van der Waals surface area (Å²) in [5, 5.41) is 69.6. The van der Waals surface area contributed by atoms with Crippen LogP contribution < -0.4 is 9.47 Å². The second-order valence-corrected chi connectivity index (χ2v) is 7.59. The van der Waals surface area contributed by atoms with E-state index in [2.05, 4.69) is 0 Å². The van der Waals surface area contributed by atoms with E-state index in [4.69, 9.17) is 14.2 Å². The van der Waals surface area contributed by atoms with E-state index in [0.717, 1.165) is 6.07 Å². The molecule has 0 radical (unpaired) electrons. The van der Waals surface area contributed by atoms with Crippen molar-refractivity contribution in [3.63, 3.8) is 0 Å². The van der Waals surface area contributed by atoms with Crippen LogP contribution in [0.15, 0.2) is 30.3 Å². The van der Waals surface area contributed by atoms with Gasteiger partial charge < -0.3 is 50.0 Å². The Bertz CT molecular complexity index is 1000. The molecule has 2 aromatic rings. The fraction of sp³-hybridized carbons (Fsp3) is 0.381. The molecule has 7 N–H and O–H groups in total. The molecular weight excluding hydrogens is 428 g/mol. The number of carbonyl (C=O) groups is 1. The Morgan fingerprint density at radius 2 is 1.69 bits per heavy atom. The van der Waals surface area contributed by atoms with Crippen LogP contribution >= 0.6 is 0 Å². The molecule has 0 amide bonds. The van der Waals surface area contributed by atoms with Crippen molar-refractivity contribution in [3.8, 4) is 28.7 Å². The summed E-state index contributed by atoms with van der Waals surface area (Å²) in [4.78, 5) is 12.8. The molecule has 11 nitrogen and oxygen atoms in total. The molecule has 172 valence electrons. The van der Waals surface area contributed by atoms with Crippen LogP contribution in [0.3, 0.4) is 0 Å². The lowest BCUT2D eigenvalue weighted by atomic mass is 9.95. The van der Waals surface area contributed by atoms with Crippen LogP contribution in [-0.4, -0.2) is 78.8 Å². The van der Waals surface area contributed by atoms with Gasteiger partial charge in [0.15, 0.2) is 17.3 Å². The number of ketones is 1. The number of benzene rings is 2. The highest BCUT2D eigenvalue weighted by Gasteiger charge is 2.45. The van der Waals surface area contributed by atoms with Crippen LogP contribution in [-0.2, 0) is 4.74 Å². The van der Waals surface area contributed by atoms with Crippen LogP contribution in [0.5, 0.6) is 28.7 Å². The number of ether oxygens (including phenoxy) is 3. The Morgan fingerprint density at radius 1 is 1.00 bits per heavy atom. The number of Topliss-reactive ketones (excluding diaryl/α,β-unsaturated/α-hetero) is 1. The van der Waals surface area contributed by atoms with E-state index in [1.54, 1.807) is 12.1 Å². The molecule has 0 unspecified atom stereocenters. The largest absolute Gasteiger partial charge is 0.508 e. The van der Waals surface area contributed by atoms with E-state index in [1.165, 1.54) is 12.1 Å². The molecule has 0 aromatic heterocycles. The maximum absolute atomic E-state index is 12.8. The summed E-state index contributed by atoms with van der Waals surface area (Å²) in [5.41, 5.74) is 0.347. The van der Waals surface area contributed by atoms with E-state index in [0.29, 0.717) is 5.56 Å². The van der Waals surface area contributed by atoms with Gasteiger partial charge in [-0.05, 0) is 17.7 Å². The topological polar surface area (TPSA) is 186 Å². The third-order valence-electron chi connectivity index (χ3n) is 5.46. The number of aliphatic hydroxyl groups excluding tert-OH is 4. The number of hydrogen-bond donors (Lipinski definition) is 7. The van der Waals surface area contributed by atoms with Gasteiger partial charge in [0.1, 0.15) is 47.6 Å². The van der Waals surface area contributed by atoms with Crippen LogP contribution in [0.25, 0.3) is 0 Å². The van der Waals surface area contributed by atoms with Crippen molar-refractivity contribution >= 4 is 5.78 Å². The molecule has 0 spiro atoms. The van der Waals surface area contributed by atoms with Gasteiger partial charge in [0.25, 0.3) is 0 Å². The molecule has 0 saturated carbocycles. The fourth-order valence-electron chi connectivity index (χ4n) is 3.71. The number of fused-ring (bicyclic) bond motifs is 1. The molecular formula is C21H22O11. The van der Waals surface area contributed by atoms with Crippen LogP contribution in [0.1, 0.15) is 28.4 Å². The minimum Gasteiger partial charge on any atom is -0.508 e. The first-order chi connectivity index (χ1) is 15.2. The van der Waals surface area contributed by atoms with E-state index in [1.807, 2.05) is 0 Å². The molecule has 1 saturated heterocycles. The highest BCUT2D eigenvalue weighted by atomic mass is 16.7. The van der Waals surface area contributed by atoms with Gasteiger partial charge in [0.05, 0.1) is 13.0 Å². The van der Waals surface area contributed by atoms with Crippen molar-refractivity contribution in [2.75, 3.05) is 6.61 Å². The lowest BCUT2D eigenvalue weighted by molar-refractivity contribution is -0.277. The van der Waals surface area contributed by atoms with Gasteiger partial charge in [-0.1, -0.05) is 12.1 Å². The molecule has 0 aliphatic carbocycles. The summed E-state index contributed by atoms with van der Waals surface area (Å²) in [6.07, 6.45) is -8.94. The fourth-order valence-corrected chi connectivity index (χ4v) is 3.71. The third kappa shape index (κ3) is 3.80. The van der Waals surface area contributed by atoms with Crippen molar-refractivity contribution < 1.29 is 54.8 Å². The number of rotatable bonds is 4. The maximum atomic E-state index is 12.8. The zero-order valence-electron chi connectivity index (χ0n) is 16.5. The minimum absolute atomic E-state index is 0.0431. The first-order valence-corrected chi connectivity index (χ1v) is 9.76. The molecule has 2 heterocycles. The quantitative estimate of drug-likeness (QED) is 0.324. The van der Waals surface area contributed by atoms with E-state index < -0.39 is 66.4 Å². The molecule has 11 heteroatoms. The van der Waals surface area contributed by atoms with E-state index in [-0.39, 0.29) is 23.5 Å². The van der Waals surface area contributed by atoms with Crippen molar-refractivity contribution in [2.24, 2.45) is 0 Å². The Hall–Kier alpha value is -3.09. The molecule has 2 aliphatic rings. The predicted molar refractivity (Wildman–Crippen MR) is 105 cm³/mol. The number of phenolic OH excluding ortho intramolecular Hbond substituents is 3. The summed E-state index contributed by atoms with van der Waals surface area (Å²) in [5.74, 6) is -2.57. The Kier molecular flexibility index (Phi) is 5.84. The molecule has 6 atom stereocenters. The van der Waals surface area contributed by atoms with Gasteiger partial charge in [-0.15, -0.1) is 0 Å². The van der Waals surface area contributed by atoms with Crippen molar-refractivity contribution in [2.45, 2.75) is 43.2 Å².